The molecule has 0 saturated heterocycles. The van der Waals surface area contributed by atoms with Crippen molar-refractivity contribution in [3.8, 4) is 11.1 Å². The molecule has 11 aromatic carbocycles. The minimum Gasteiger partial charge on any atom is -0.454 e. The first-order valence-corrected chi connectivity index (χ1v) is 22.5. The van der Waals surface area contributed by atoms with Gasteiger partial charge in [-0.2, -0.15) is 0 Å². The standard InChI is InChI=1S/C61H36N4O/c1-2-15-39(16-3-1)63-54-25-11-12-26-55(54)64(56-27-14-21-45-44-20-7-13-28-59(44)66-60(45)56)58-36-49-41-18-5-4-17-40(41)47-33-37(29-31-42(47)50(49)35-57(58)63)38-30-32-46-48(34-38)43-19-6-9-23-52(43)65-53-24-10-8-22-51(53)62-61(46)65/h1-36H. The quantitative estimate of drug-likeness (QED) is 0.166. The SMILES string of the molecule is c1ccc(N2c3ccccc3N(c3cccc4c3oc3ccccc34)c3cc4c5ccccc5c5cc(-c6ccc7c(c6)c6ccccc6n6c8ccccc8nc76)ccc5c4cc32)cc1. The Kier molecular flexibility index (Phi) is 7.16. The van der Waals surface area contributed by atoms with E-state index in [9.17, 15) is 0 Å². The van der Waals surface area contributed by atoms with Crippen LogP contribution < -0.4 is 9.80 Å². The molecule has 0 unspecified atom stereocenters. The van der Waals surface area contributed by atoms with Gasteiger partial charge in [-0.1, -0.05) is 133 Å². The predicted octanol–water partition coefficient (Wildman–Crippen LogP) is 17.1. The molecular weight excluding hydrogens is 805 g/mol. The number of nitrogens with zero attached hydrogens (tertiary/aromatic N) is 4. The molecule has 4 heterocycles. The topological polar surface area (TPSA) is 36.9 Å². The number of hydrogen-bond donors (Lipinski definition) is 0. The van der Waals surface area contributed by atoms with Crippen LogP contribution in [0.3, 0.4) is 0 Å². The molecule has 1 aliphatic heterocycles. The molecule has 3 aromatic heterocycles. The van der Waals surface area contributed by atoms with Crippen LogP contribution in [0.5, 0.6) is 0 Å². The first kappa shape index (κ1) is 35.5. The fourth-order valence-electron chi connectivity index (χ4n) is 11.1. The van der Waals surface area contributed by atoms with E-state index in [0.29, 0.717) is 0 Å². The first-order valence-electron chi connectivity index (χ1n) is 22.5. The van der Waals surface area contributed by atoms with Crippen LogP contribution in [-0.2, 0) is 0 Å². The summed E-state index contributed by atoms with van der Waals surface area (Å²) in [6, 6.07) is 79.2. The summed E-state index contributed by atoms with van der Waals surface area (Å²) in [5.74, 6) is 0. The van der Waals surface area contributed by atoms with Crippen molar-refractivity contribution in [2.24, 2.45) is 0 Å². The summed E-state index contributed by atoms with van der Waals surface area (Å²) < 4.78 is 9.07. The Labute approximate surface area is 378 Å². The molecule has 5 nitrogen and oxygen atoms in total. The second kappa shape index (κ2) is 13.3. The van der Waals surface area contributed by atoms with Crippen LogP contribution >= 0.6 is 0 Å². The fourth-order valence-corrected chi connectivity index (χ4v) is 11.1. The number of rotatable bonds is 3. The number of fused-ring (bicyclic) bond motifs is 19. The smallest absolute Gasteiger partial charge is 0.159 e. The third kappa shape index (κ3) is 4.86. The highest BCUT2D eigenvalue weighted by molar-refractivity contribution is 6.28. The summed E-state index contributed by atoms with van der Waals surface area (Å²) in [7, 11) is 0. The molecule has 1 aliphatic rings. The van der Waals surface area contributed by atoms with Gasteiger partial charge in [0, 0.05) is 27.2 Å². The second-order valence-corrected chi connectivity index (χ2v) is 17.5. The highest BCUT2D eigenvalue weighted by Crippen LogP contribution is 2.57. The zero-order valence-corrected chi connectivity index (χ0v) is 35.5. The van der Waals surface area contributed by atoms with Crippen molar-refractivity contribution < 1.29 is 4.42 Å². The summed E-state index contributed by atoms with van der Waals surface area (Å²) in [5.41, 5.74) is 14.8. The Morgan fingerprint density at radius 3 is 1.62 bits per heavy atom. The summed E-state index contributed by atoms with van der Waals surface area (Å²) >= 11 is 0. The zero-order valence-electron chi connectivity index (χ0n) is 35.5. The normalized spacial score (nSPS) is 12.8. The lowest BCUT2D eigenvalue weighted by molar-refractivity contribution is 0.669. The molecule has 0 aliphatic carbocycles. The average molecular weight is 841 g/mol. The highest BCUT2D eigenvalue weighted by atomic mass is 16.3. The van der Waals surface area contributed by atoms with Gasteiger partial charge in [-0.3, -0.25) is 4.40 Å². The molecule has 0 spiro atoms. The lowest BCUT2D eigenvalue weighted by atomic mass is 9.90. The minimum absolute atomic E-state index is 0.868. The number of hydrogen-bond acceptors (Lipinski definition) is 4. The van der Waals surface area contributed by atoms with Crippen molar-refractivity contribution in [3.63, 3.8) is 0 Å². The highest BCUT2D eigenvalue weighted by Gasteiger charge is 2.33. The summed E-state index contributed by atoms with van der Waals surface area (Å²) in [6.45, 7) is 0. The van der Waals surface area contributed by atoms with Gasteiger partial charge in [-0.15, -0.1) is 0 Å². The fraction of sp³-hybridized carbons (Fsp3) is 0. The number of anilines is 6. The Bertz CT molecular complexity index is 4370. The van der Waals surface area contributed by atoms with Crippen LogP contribution in [0, 0.1) is 0 Å². The lowest BCUT2D eigenvalue weighted by Crippen LogP contribution is -2.24. The molecular formula is C61H36N4O. The molecule has 0 bridgehead atoms. The molecule has 66 heavy (non-hydrogen) atoms. The second-order valence-electron chi connectivity index (χ2n) is 17.5. The van der Waals surface area contributed by atoms with Crippen LogP contribution in [0.4, 0.5) is 34.1 Å². The van der Waals surface area contributed by atoms with E-state index in [0.717, 1.165) is 83.6 Å². The maximum absolute atomic E-state index is 6.76. The van der Waals surface area contributed by atoms with Gasteiger partial charge >= 0.3 is 0 Å². The summed E-state index contributed by atoms with van der Waals surface area (Å²) in [5, 5.41) is 13.0. The van der Waals surface area contributed by atoms with Crippen molar-refractivity contribution in [2.45, 2.75) is 0 Å². The van der Waals surface area contributed by atoms with E-state index < -0.39 is 0 Å². The maximum Gasteiger partial charge on any atom is 0.159 e. The van der Waals surface area contributed by atoms with Gasteiger partial charge in [0.1, 0.15) is 11.2 Å². The largest absolute Gasteiger partial charge is 0.454 e. The van der Waals surface area contributed by atoms with E-state index >= 15 is 0 Å². The number of pyridine rings is 1. The maximum atomic E-state index is 6.76. The van der Waals surface area contributed by atoms with Crippen molar-refractivity contribution >= 4 is 127 Å². The summed E-state index contributed by atoms with van der Waals surface area (Å²) in [6.07, 6.45) is 0. The number of benzene rings is 11. The third-order valence-corrected chi connectivity index (χ3v) is 14.0. The van der Waals surface area contributed by atoms with Gasteiger partial charge in [-0.25, -0.2) is 4.98 Å². The zero-order chi connectivity index (χ0) is 43.0. The summed E-state index contributed by atoms with van der Waals surface area (Å²) in [4.78, 5) is 10.0. The van der Waals surface area contributed by atoms with E-state index in [1.165, 1.54) is 54.2 Å². The number of aromatic nitrogens is 2. The number of furan rings is 1. The van der Waals surface area contributed by atoms with Crippen LogP contribution in [0.15, 0.2) is 223 Å². The van der Waals surface area contributed by atoms with Gasteiger partial charge in [-0.05, 0) is 134 Å². The Hall–Kier alpha value is -8.93. The molecule has 0 N–H and O–H groups in total. The monoisotopic (exact) mass is 840 g/mol. The molecule has 306 valence electrons. The average Bonchev–Trinajstić information content (AvgIpc) is 3.97. The molecule has 15 rings (SSSR count). The van der Waals surface area contributed by atoms with Crippen molar-refractivity contribution in [3.05, 3.63) is 218 Å². The van der Waals surface area contributed by atoms with Crippen molar-refractivity contribution in [2.75, 3.05) is 9.80 Å². The van der Waals surface area contributed by atoms with E-state index in [1.807, 2.05) is 6.07 Å². The lowest BCUT2D eigenvalue weighted by Gasteiger charge is -2.40. The first-order chi connectivity index (χ1) is 32.7. The number of para-hydroxylation sites is 8. The minimum atomic E-state index is 0.868. The third-order valence-electron chi connectivity index (χ3n) is 14.0. The number of imidazole rings is 1. The predicted molar refractivity (Wildman–Crippen MR) is 276 cm³/mol. The van der Waals surface area contributed by atoms with Crippen LogP contribution in [0.2, 0.25) is 0 Å². The Morgan fingerprint density at radius 1 is 0.318 bits per heavy atom. The van der Waals surface area contributed by atoms with E-state index in [4.69, 9.17) is 9.40 Å². The molecule has 0 saturated carbocycles. The van der Waals surface area contributed by atoms with Crippen molar-refractivity contribution in [1.82, 2.24) is 9.38 Å². The van der Waals surface area contributed by atoms with Gasteiger partial charge in [0.05, 0.1) is 45.0 Å². The van der Waals surface area contributed by atoms with E-state index in [-0.39, 0.29) is 0 Å². The Balaban J connectivity index is 0.989. The van der Waals surface area contributed by atoms with Gasteiger partial charge in [0.2, 0.25) is 0 Å². The van der Waals surface area contributed by atoms with Gasteiger partial charge < -0.3 is 14.2 Å². The van der Waals surface area contributed by atoms with Crippen LogP contribution in [0.1, 0.15) is 0 Å². The molecule has 5 heteroatoms. The van der Waals surface area contributed by atoms with Crippen LogP contribution in [0.25, 0.3) is 104 Å². The molecule has 0 fully saturated rings. The van der Waals surface area contributed by atoms with E-state index in [1.54, 1.807) is 0 Å². The Morgan fingerprint density at radius 2 is 0.848 bits per heavy atom. The molecule has 14 aromatic rings. The molecule has 0 atom stereocenters. The van der Waals surface area contributed by atoms with Crippen molar-refractivity contribution in [1.29, 1.82) is 0 Å². The van der Waals surface area contributed by atoms with Gasteiger partial charge in [0.15, 0.2) is 5.58 Å². The molecule has 0 radical (unpaired) electrons. The van der Waals surface area contributed by atoms with Gasteiger partial charge in [0.25, 0.3) is 0 Å². The van der Waals surface area contributed by atoms with Crippen LogP contribution in [-0.4, -0.2) is 9.38 Å². The van der Waals surface area contributed by atoms with E-state index in [2.05, 4.69) is 227 Å². The molecule has 0 amide bonds.